The number of esters is 1. The molecular formula is C12H17ClN2O2. The maximum atomic E-state index is 10.5. The zero-order chi connectivity index (χ0) is 12.7. The van der Waals surface area contributed by atoms with Gasteiger partial charge < -0.3 is 4.74 Å². The molecule has 1 rings (SSSR count). The summed E-state index contributed by atoms with van der Waals surface area (Å²) < 4.78 is 4.84. The lowest BCUT2D eigenvalue weighted by Crippen LogP contribution is -2.01. The summed E-state index contributed by atoms with van der Waals surface area (Å²) in [6, 6.07) is 1.74. The van der Waals surface area contributed by atoms with Crippen LogP contribution in [0.3, 0.4) is 0 Å². The number of carbonyl (C=O) groups is 1. The summed E-state index contributed by atoms with van der Waals surface area (Å²) in [5.41, 5.74) is 0.889. The molecular weight excluding hydrogens is 240 g/mol. The van der Waals surface area contributed by atoms with Crippen LogP contribution in [0, 0.1) is 6.92 Å². The molecule has 0 spiro atoms. The van der Waals surface area contributed by atoms with Gasteiger partial charge in [0.05, 0.1) is 6.61 Å². The lowest BCUT2D eigenvalue weighted by atomic mass is 10.2. The van der Waals surface area contributed by atoms with Gasteiger partial charge in [0.15, 0.2) is 0 Å². The number of ether oxygens (including phenoxy) is 1. The van der Waals surface area contributed by atoms with Crippen molar-refractivity contribution in [1.82, 2.24) is 9.97 Å². The summed E-state index contributed by atoms with van der Waals surface area (Å²) in [7, 11) is 0. The summed E-state index contributed by atoms with van der Waals surface area (Å²) in [5, 5.41) is 0.493. The first kappa shape index (κ1) is 13.9. The lowest BCUT2D eigenvalue weighted by molar-refractivity contribution is -0.141. The van der Waals surface area contributed by atoms with Gasteiger partial charge in [0, 0.05) is 19.0 Å². The first-order chi connectivity index (χ1) is 8.08. The van der Waals surface area contributed by atoms with Crippen molar-refractivity contribution in [2.75, 3.05) is 6.61 Å². The van der Waals surface area contributed by atoms with Crippen molar-refractivity contribution in [3.63, 3.8) is 0 Å². The van der Waals surface area contributed by atoms with Crippen molar-refractivity contribution in [2.45, 2.75) is 39.5 Å². The Hall–Kier alpha value is -1.16. The van der Waals surface area contributed by atoms with Crippen LogP contribution in [-0.4, -0.2) is 22.5 Å². The Labute approximate surface area is 106 Å². The molecule has 94 valence electrons. The molecule has 0 fully saturated rings. The van der Waals surface area contributed by atoms with Gasteiger partial charge in [0.1, 0.15) is 11.0 Å². The smallest absolute Gasteiger partial charge is 0.302 e. The van der Waals surface area contributed by atoms with Gasteiger partial charge in [-0.05, 0) is 32.3 Å². The molecule has 0 aliphatic rings. The van der Waals surface area contributed by atoms with E-state index in [0.717, 1.165) is 37.2 Å². The van der Waals surface area contributed by atoms with E-state index in [1.807, 2.05) is 6.92 Å². The van der Waals surface area contributed by atoms with E-state index in [0.29, 0.717) is 11.8 Å². The molecule has 0 radical (unpaired) electrons. The fraction of sp³-hybridized carbons (Fsp3) is 0.583. The SMILES string of the molecule is CC(=O)OCCCCCc1nc(C)cc(Cl)n1. The molecule has 0 aliphatic heterocycles. The van der Waals surface area contributed by atoms with Gasteiger partial charge in [0.2, 0.25) is 0 Å². The van der Waals surface area contributed by atoms with Gasteiger partial charge in [-0.2, -0.15) is 0 Å². The van der Waals surface area contributed by atoms with Crippen LogP contribution >= 0.6 is 11.6 Å². The summed E-state index contributed by atoms with van der Waals surface area (Å²) in [5.74, 6) is 0.557. The van der Waals surface area contributed by atoms with E-state index in [9.17, 15) is 4.79 Å². The minimum atomic E-state index is -0.223. The van der Waals surface area contributed by atoms with Crippen LogP contribution in [-0.2, 0) is 16.0 Å². The Balaban J connectivity index is 2.20. The molecule has 0 N–H and O–H groups in total. The number of nitrogens with zero attached hydrogens (tertiary/aromatic N) is 2. The number of unbranched alkanes of at least 4 members (excludes halogenated alkanes) is 2. The van der Waals surface area contributed by atoms with Gasteiger partial charge in [0.25, 0.3) is 0 Å². The Morgan fingerprint density at radius 2 is 2.12 bits per heavy atom. The van der Waals surface area contributed by atoms with Crippen molar-refractivity contribution in [1.29, 1.82) is 0 Å². The third kappa shape index (κ3) is 6.22. The Morgan fingerprint density at radius 1 is 1.35 bits per heavy atom. The van der Waals surface area contributed by atoms with Gasteiger partial charge in [-0.1, -0.05) is 11.6 Å². The quantitative estimate of drug-likeness (QED) is 0.446. The Bertz CT molecular complexity index is 363. The number of hydrogen-bond donors (Lipinski definition) is 0. The lowest BCUT2D eigenvalue weighted by Gasteiger charge is -2.03. The predicted octanol–water partition coefficient (Wildman–Crippen LogP) is 2.71. The second-order valence-corrected chi connectivity index (χ2v) is 4.29. The highest BCUT2D eigenvalue weighted by Crippen LogP contribution is 2.09. The van der Waals surface area contributed by atoms with E-state index in [1.165, 1.54) is 6.92 Å². The van der Waals surface area contributed by atoms with E-state index in [1.54, 1.807) is 6.07 Å². The summed E-state index contributed by atoms with van der Waals surface area (Å²) in [6.45, 7) is 3.81. The molecule has 1 heterocycles. The van der Waals surface area contributed by atoms with E-state index < -0.39 is 0 Å². The largest absolute Gasteiger partial charge is 0.466 e. The van der Waals surface area contributed by atoms with Gasteiger partial charge in [-0.3, -0.25) is 4.79 Å². The fourth-order valence-corrected chi connectivity index (χ4v) is 1.73. The first-order valence-electron chi connectivity index (χ1n) is 5.71. The third-order valence-electron chi connectivity index (χ3n) is 2.22. The van der Waals surface area contributed by atoms with Crippen LogP contribution in [0.4, 0.5) is 0 Å². The number of hydrogen-bond acceptors (Lipinski definition) is 4. The number of aromatic nitrogens is 2. The van der Waals surface area contributed by atoms with Gasteiger partial charge >= 0.3 is 5.97 Å². The number of aryl methyl sites for hydroxylation is 2. The van der Waals surface area contributed by atoms with Gasteiger partial charge in [-0.15, -0.1) is 0 Å². The molecule has 1 aromatic rings. The Morgan fingerprint density at radius 3 is 2.76 bits per heavy atom. The van der Waals surface area contributed by atoms with Crippen molar-refractivity contribution in [3.8, 4) is 0 Å². The molecule has 4 nitrogen and oxygen atoms in total. The van der Waals surface area contributed by atoms with Crippen LogP contribution in [0.15, 0.2) is 6.07 Å². The highest BCUT2D eigenvalue weighted by atomic mass is 35.5. The minimum absolute atomic E-state index is 0.223. The highest BCUT2D eigenvalue weighted by Gasteiger charge is 2.01. The van der Waals surface area contributed by atoms with E-state index in [-0.39, 0.29) is 5.97 Å². The second kappa shape index (κ2) is 7.22. The molecule has 0 atom stereocenters. The second-order valence-electron chi connectivity index (χ2n) is 3.90. The van der Waals surface area contributed by atoms with Crippen LogP contribution in [0.1, 0.15) is 37.7 Å². The number of rotatable bonds is 6. The van der Waals surface area contributed by atoms with Crippen LogP contribution in [0.25, 0.3) is 0 Å². The van der Waals surface area contributed by atoms with Crippen molar-refractivity contribution in [3.05, 3.63) is 22.7 Å². The molecule has 0 saturated heterocycles. The maximum Gasteiger partial charge on any atom is 0.302 e. The normalized spacial score (nSPS) is 10.3. The molecule has 0 aromatic carbocycles. The molecule has 5 heteroatoms. The fourth-order valence-electron chi connectivity index (χ4n) is 1.48. The zero-order valence-corrected chi connectivity index (χ0v) is 11.0. The first-order valence-corrected chi connectivity index (χ1v) is 6.09. The molecule has 0 unspecified atom stereocenters. The molecule has 0 aliphatic carbocycles. The molecule has 0 amide bonds. The van der Waals surface area contributed by atoms with Crippen molar-refractivity contribution >= 4 is 17.6 Å². The summed E-state index contributed by atoms with van der Waals surface area (Å²) >= 11 is 5.84. The molecule has 1 aromatic heterocycles. The maximum absolute atomic E-state index is 10.5. The Kier molecular flexibility index (Phi) is 5.91. The van der Waals surface area contributed by atoms with E-state index in [4.69, 9.17) is 16.3 Å². The zero-order valence-electron chi connectivity index (χ0n) is 10.2. The average molecular weight is 257 g/mol. The average Bonchev–Trinajstić information content (AvgIpc) is 2.21. The predicted molar refractivity (Wildman–Crippen MR) is 66.0 cm³/mol. The number of carbonyl (C=O) groups excluding carboxylic acids is 1. The van der Waals surface area contributed by atoms with E-state index >= 15 is 0 Å². The van der Waals surface area contributed by atoms with Crippen molar-refractivity contribution < 1.29 is 9.53 Å². The summed E-state index contributed by atoms with van der Waals surface area (Å²) in [6.07, 6.45) is 3.64. The van der Waals surface area contributed by atoms with Crippen molar-refractivity contribution in [2.24, 2.45) is 0 Å². The van der Waals surface area contributed by atoms with Crippen LogP contribution in [0.2, 0.25) is 5.15 Å². The number of halogens is 1. The molecule has 0 bridgehead atoms. The highest BCUT2D eigenvalue weighted by molar-refractivity contribution is 6.29. The molecule has 0 saturated carbocycles. The van der Waals surface area contributed by atoms with Crippen LogP contribution in [0.5, 0.6) is 0 Å². The summed E-state index contributed by atoms with van der Waals surface area (Å²) in [4.78, 5) is 19.0. The monoisotopic (exact) mass is 256 g/mol. The third-order valence-corrected chi connectivity index (χ3v) is 2.41. The standard InChI is InChI=1S/C12H17ClN2O2/c1-9-8-11(13)15-12(14-9)6-4-3-5-7-17-10(2)16/h8H,3-7H2,1-2H3. The minimum Gasteiger partial charge on any atom is -0.466 e. The van der Waals surface area contributed by atoms with Crippen LogP contribution < -0.4 is 0 Å². The van der Waals surface area contributed by atoms with Gasteiger partial charge in [-0.25, -0.2) is 9.97 Å². The topological polar surface area (TPSA) is 52.1 Å². The molecule has 17 heavy (non-hydrogen) atoms. The van der Waals surface area contributed by atoms with E-state index in [2.05, 4.69) is 9.97 Å².